The Bertz CT molecular complexity index is 378. The Labute approximate surface area is 97.3 Å². The van der Waals surface area contributed by atoms with E-state index >= 15 is 0 Å². The van der Waals surface area contributed by atoms with Gasteiger partial charge in [-0.3, -0.25) is 0 Å². The summed E-state index contributed by atoms with van der Waals surface area (Å²) in [5, 5.41) is 9.91. The highest BCUT2D eigenvalue weighted by atomic mass is 16.5. The maximum absolute atomic E-state index is 9.91. The second kappa shape index (κ2) is 4.10. The molecule has 16 heavy (non-hydrogen) atoms. The molecule has 2 nitrogen and oxygen atoms in total. The zero-order valence-corrected chi connectivity index (χ0v) is 10.3. The average Bonchev–Trinajstić information content (AvgIpc) is 2.96. The van der Waals surface area contributed by atoms with Crippen LogP contribution in [0.25, 0.3) is 0 Å². The predicted octanol–water partition coefficient (Wildman–Crippen LogP) is 2.89. The molecule has 1 aromatic rings. The lowest BCUT2D eigenvalue weighted by atomic mass is 9.97. The molecule has 1 N–H and O–H groups in total. The zero-order valence-electron chi connectivity index (χ0n) is 10.3. The van der Waals surface area contributed by atoms with E-state index in [1.54, 1.807) is 7.11 Å². The second-order valence-electron chi connectivity index (χ2n) is 5.13. The highest BCUT2D eigenvalue weighted by Crippen LogP contribution is 2.39. The Morgan fingerprint density at radius 1 is 1.38 bits per heavy atom. The largest absolute Gasteiger partial charge is 0.496 e. The monoisotopic (exact) mass is 220 g/mol. The Hall–Kier alpha value is -1.02. The van der Waals surface area contributed by atoms with Crippen LogP contribution >= 0.6 is 0 Å². The first-order chi connectivity index (χ1) is 7.54. The van der Waals surface area contributed by atoms with Gasteiger partial charge in [0.15, 0.2) is 0 Å². The summed E-state index contributed by atoms with van der Waals surface area (Å²) in [6, 6.07) is 6.23. The maximum Gasteiger partial charge on any atom is 0.122 e. The van der Waals surface area contributed by atoms with E-state index in [-0.39, 0.29) is 0 Å². The molecule has 2 rings (SSSR count). The van der Waals surface area contributed by atoms with Crippen molar-refractivity contribution in [1.29, 1.82) is 0 Å². The third-order valence-electron chi connectivity index (χ3n) is 3.28. The fourth-order valence-electron chi connectivity index (χ4n) is 2.05. The summed E-state index contributed by atoms with van der Waals surface area (Å²) in [4.78, 5) is 0. The van der Waals surface area contributed by atoms with Gasteiger partial charge in [0, 0.05) is 6.42 Å². The van der Waals surface area contributed by atoms with Crippen molar-refractivity contribution in [3.63, 3.8) is 0 Å². The van der Waals surface area contributed by atoms with E-state index in [4.69, 9.17) is 4.74 Å². The lowest BCUT2D eigenvalue weighted by Crippen LogP contribution is -2.11. The zero-order chi connectivity index (χ0) is 11.8. The summed E-state index contributed by atoms with van der Waals surface area (Å²) in [6.07, 6.45) is 2.66. The molecule has 0 bridgehead atoms. The lowest BCUT2D eigenvalue weighted by molar-refractivity contribution is 0.151. The minimum atomic E-state index is -0.414. The maximum atomic E-state index is 9.91. The van der Waals surface area contributed by atoms with Crippen LogP contribution in [0.4, 0.5) is 0 Å². The number of rotatable bonds is 4. The fourth-order valence-corrected chi connectivity index (χ4v) is 2.05. The average molecular weight is 220 g/mol. The number of methoxy groups -OCH3 is 1. The first-order valence-electron chi connectivity index (χ1n) is 5.93. The molecule has 1 aliphatic rings. The van der Waals surface area contributed by atoms with Gasteiger partial charge in [0.2, 0.25) is 0 Å². The molecule has 1 aliphatic carbocycles. The molecule has 0 saturated heterocycles. The van der Waals surface area contributed by atoms with E-state index in [1.165, 1.54) is 11.1 Å². The van der Waals surface area contributed by atoms with Crippen LogP contribution in [0.2, 0.25) is 0 Å². The fraction of sp³-hybridized carbons (Fsp3) is 0.571. The molecule has 0 radical (unpaired) electrons. The molecule has 1 aromatic carbocycles. The van der Waals surface area contributed by atoms with Gasteiger partial charge in [-0.1, -0.05) is 26.0 Å². The Balaban J connectivity index is 2.24. The van der Waals surface area contributed by atoms with Crippen LogP contribution in [0.5, 0.6) is 5.75 Å². The summed E-state index contributed by atoms with van der Waals surface area (Å²) in [5.74, 6) is 1.39. The van der Waals surface area contributed by atoms with Crippen LogP contribution in [0.15, 0.2) is 18.2 Å². The summed E-state index contributed by atoms with van der Waals surface area (Å²) < 4.78 is 5.34. The number of ether oxygens (including phenoxy) is 1. The van der Waals surface area contributed by atoms with E-state index in [0.29, 0.717) is 5.92 Å². The third-order valence-corrected chi connectivity index (χ3v) is 3.28. The van der Waals surface area contributed by atoms with Crippen molar-refractivity contribution < 1.29 is 9.84 Å². The molecular weight excluding hydrogens is 200 g/mol. The van der Waals surface area contributed by atoms with Crippen LogP contribution in [-0.4, -0.2) is 17.8 Å². The summed E-state index contributed by atoms with van der Waals surface area (Å²) in [6.45, 7) is 4.32. The van der Waals surface area contributed by atoms with Crippen LogP contribution in [-0.2, 0) is 6.42 Å². The first kappa shape index (κ1) is 11.5. The molecule has 88 valence electrons. The van der Waals surface area contributed by atoms with Crippen molar-refractivity contribution in [1.82, 2.24) is 0 Å². The minimum absolute atomic E-state index is 0.414. The highest BCUT2D eigenvalue weighted by molar-refractivity contribution is 5.40. The number of hydrogen-bond donors (Lipinski definition) is 1. The van der Waals surface area contributed by atoms with Crippen molar-refractivity contribution >= 4 is 0 Å². The molecule has 0 heterocycles. The van der Waals surface area contributed by atoms with Gasteiger partial charge in [-0.05, 0) is 36.0 Å². The van der Waals surface area contributed by atoms with Crippen molar-refractivity contribution in [2.24, 2.45) is 0 Å². The van der Waals surface area contributed by atoms with E-state index in [1.807, 2.05) is 6.07 Å². The van der Waals surface area contributed by atoms with Gasteiger partial charge >= 0.3 is 0 Å². The molecule has 2 heteroatoms. The normalized spacial score (nSPS) is 17.6. The molecular formula is C14H20O2. The van der Waals surface area contributed by atoms with Crippen LogP contribution < -0.4 is 4.74 Å². The molecule has 1 fully saturated rings. The molecule has 0 unspecified atom stereocenters. The van der Waals surface area contributed by atoms with Gasteiger partial charge < -0.3 is 9.84 Å². The third kappa shape index (κ3) is 2.38. The van der Waals surface area contributed by atoms with Crippen LogP contribution in [0, 0.1) is 0 Å². The summed E-state index contributed by atoms with van der Waals surface area (Å²) >= 11 is 0. The van der Waals surface area contributed by atoms with Crippen molar-refractivity contribution in [3.8, 4) is 5.75 Å². The van der Waals surface area contributed by atoms with E-state index in [0.717, 1.165) is 25.0 Å². The summed E-state index contributed by atoms with van der Waals surface area (Å²) in [7, 11) is 1.70. The topological polar surface area (TPSA) is 29.5 Å². The minimum Gasteiger partial charge on any atom is -0.496 e. The van der Waals surface area contributed by atoms with Crippen molar-refractivity contribution in [2.75, 3.05) is 7.11 Å². The van der Waals surface area contributed by atoms with E-state index in [2.05, 4.69) is 26.0 Å². The predicted molar refractivity (Wildman–Crippen MR) is 65.0 cm³/mol. The molecule has 0 amide bonds. The van der Waals surface area contributed by atoms with Crippen molar-refractivity contribution in [3.05, 3.63) is 29.3 Å². The Morgan fingerprint density at radius 2 is 2.06 bits per heavy atom. The Morgan fingerprint density at radius 3 is 2.56 bits per heavy atom. The van der Waals surface area contributed by atoms with E-state index < -0.39 is 5.60 Å². The van der Waals surface area contributed by atoms with Gasteiger partial charge in [-0.25, -0.2) is 0 Å². The SMILES string of the molecule is COc1ccc(CC2(O)CC2)cc1C(C)C. The number of aliphatic hydroxyl groups is 1. The summed E-state index contributed by atoms with van der Waals surface area (Å²) in [5.41, 5.74) is 2.02. The van der Waals surface area contributed by atoms with E-state index in [9.17, 15) is 5.11 Å². The van der Waals surface area contributed by atoms with Crippen LogP contribution in [0.3, 0.4) is 0 Å². The molecule has 0 aliphatic heterocycles. The Kier molecular flexibility index (Phi) is 2.94. The number of hydrogen-bond acceptors (Lipinski definition) is 2. The van der Waals surface area contributed by atoms with Crippen molar-refractivity contribution in [2.45, 2.75) is 44.6 Å². The molecule has 0 aromatic heterocycles. The molecule has 0 spiro atoms. The smallest absolute Gasteiger partial charge is 0.122 e. The van der Waals surface area contributed by atoms with Gasteiger partial charge in [0.25, 0.3) is 0 Å². The standard InChI is InChI=1S/C14H20O2/c1-10(2)12-8-11(4-5-13(12)16-3)9-14(15)6-7-14/h4-5,8,10,15H,6-7,9H2,1-3H3. The highest BCUT2D eigenvalue weighted by Gasteiger charge is 2.40. The molecule has 0 atom stereocenters. The lowest BCUT2D eigenvalue weighted by Gasteiger charge is -2.15. The molecule has 1 saturated carbocycles. The van der Waals surface area contributed by atoms with Gasteiger partial charge in [0.05, 0.1) is 12.7 Å². The number of benzene rings is 1. The van der Waals surface area contributed by atoms with Gasteiger partial charge in [-0.2, -0.15) is 0 Å². The van der Waals surface area contributed by atoms with Gasteiger partial charge in [0.1, 0.15) is 5.75 Å². The second-order valence-corrected chi connectivity index (χ2v) is 5.13. The van der Waals surface area contributed by atoms with Gasteiger partial charge in [-0.15, -0.1) is 0 Å². The quantitative estimate of drug-likeness (QED) is 0.845. The first-order valence-corrected chi connectivity index (χ1v) is 5.93. The van der Waals surface area contributed by atoms with Crippen LogP contribution in [0.1, 0.15) is 43.7 Å².